The predicted octanol–water partition coefficient (Wildman–Crippen LogP) is 3.53. The number of carbonyl (C=O) groups is 1. The van der Waals surface area contributed by atoms with Crippen LogP contribution in [0, 0.1) is 5.41 Å². The first-order valence-electron chi connectivity index (χ1n) is 11.3. The van der Waals surface area contributed by atoms with Crippen molar-refractivity contribution in [2.45, 2.75) is 32.2 Å². The number of aromatic nitrogens is 2. The van der Waals surface area contributed by atoms with E-state index in [2.05, 4.69) is 15.3 Å². The van der Waals surface area contributed by atoms with Gasteiger partial charge in [-0.3, -0.25) is 15.2 Å². The number of nitrogens with zero attached hydrogens (tertiary/aromatic N) is 3. The lowest BCUT2D eigenvalue weighted by Crippen LogP contribution is -2.43. The lowest BCUT2D eigenvalue weighted by atomic mass is 9.94. The van der Waals surface area contributed by atoms with Crippen LogP contribution in [0.4, 0.5) is 0 Å². The highest BCUT2D eigenvalue weighted by Gasteiger charge is 2.27. The summed E-state index contributed by atoms with van der Waals surface area (Å²) in [5.74, 6) is 0.490. The number of benzene rings is 1. The van der Waals surface area contributed by atoms with Crippen LogP contribution in [0.15, 0.2) is 58.4 Å². The smallest absolute Gasteiger partial charge is 0.228 e. The fourth-order valence-corrected chi connectivity index (χ4v) is 4.43. The number of carbonyl (C=O) groups excluding carboxylic acids is 1. The minimum absolute atomic E-state index is 0.0159. The van der Waals surface area contributed by atoms with Gasteiger partial charge < -0.3 is 19.4 Å². The van der Waals surface area contributed by atoms with Crippen molar-refractivity contribution >= 4 is 22.7 Å². The highest BCUT2D eigenvalue weighted by molar-refractivity contribution is 6.17. The van der Waals surface area contributed by atoms with Gasteiger partial charge in [0.05, 0.1) is 11.3 Å². The van der Waals surface area contributed by atoms with Crippen molar-refractivity contribution in [2.24, 2.45) is 0 Å². The van der Waals surface area contributed by atoms with E-state index in [1.165, 1.54) is 0 Å². The zero-order valence-corrected chi connectivity index (χ0v) is 18.6. The predicted molar refractivity (Wildman–Crippen MR) is 125 cm³/mol. The third-order valence-electron chi connectivity index (χ3n) is 6.28. The van der Waals surface area contributed by atoms with Gasteiger partial charge in [0.25, 0.3) is 0 Å². The molecule has 2 N–H and O–H groups in total. The summed E-state index contributed by atoms with van der Waals surface area (Å²) < 4.78 is 11.6. The molecule has 0 atom stereocenters. The molecule has 1 fully saturated rings. The molecule has 1 aromatic carbocycles. The van der Waals surface area contributed by atoms with Gasteiger partial charge >= 0.3 is 0 Å². The lowest BCUT2D eigenvalue weighted by molar-refractivity contribution is -0.128. The molecule has 4 heterocycles. The Kier molecular flexibility index (Phi) is 5.92. The van der Waals surface area contributed by atoms with Gasteiger partial charge in [0.15, 0.2) is 5.58 Å². The van der Waals surface area contributed by atoms with Crippen molar-refractivity contribution in [2.75, 3.05) is 26.3 Å². The molecule has 8 nitrogen and oxygen atoms in total. The summed E-state index contributed by atoms with van der Waals surface area (Å²) >= 11 is 0. The standard InChI is InChI=1S/C25H27N5O3/c1-16(31)30-11-7-21(28-18-8-12-32-13-9-18)20(15-30)23(26)19-5-2-6-22-24(19)33-25(29-22)17-4-3-10-27-14-17/h2-6,10,14,18,26,28H,7-9,11-13,15H2,1H3. The third kappa shape index (κ3) is 4.39. The first kappa shape index (κ1) is 21.3. The number of fused-ring (bicyclic) bond motifs is 1. The molecule has 2 aliphatic rings. The molecular weight excluding hydrogens is 418 g/mol. The average Bonchev–Trinajstić information content (AvgIpc) is 3.29. The third-order valence-corrected chi connectivity index (χ3v) is 6.28. The molecule has 2 aromatic heterocycles. The number of amides is 1. The zero-order valence-electron chi connectivity index (χ0n) is 18.6. The summed E-state index contributed by atoms with van der Waals surface area (Å²) in [5.41, 5.74) is 4.93. The number of oxazole rings is 1. The van der Waals surface area contributed by atoms with Crippen LogP contribution in [-0.2, 0) is 9.53 Å². The summed E-state index contributed by atoms with van der Waals surface area (Å²) in [7, 11) is 0. The first-order valence-corrected chi connectivity index (χ1v) is 11.3. The highest BCUT2D eigenvalue weighted by Crippen LogP contribution is 2.29. The fraction of sp³-hybridized carbons (Fsp3) is 0.360. The van der Waals surface area contributed by atoms with Crippen molar-refractivity contribution < 1.29 is 13.9 Å². The average molecular weight is 446 g/mol. The molecule has 1 amide bonds. The molecule has 5 rings (SSSR count). The van der Waals surface area contributed by atoms with Gasteiger partial charge in [-0.2, -0.15) is 0 Å². The Hall–Kier alpha value is -3.52. The largest absolute Gasteiger partial charge is 0.435 e. The van der Waals surface area contributed by atoms with E-state index < -0.39 is 0 Å². The number of pyridine rings is 1. The van der Waals surface area contributed by atoms with Crippen LogP contribution in [0.3, 0.4) is 0 Å². The van der Waals surface area contributed by atoms with Crippen LogP contribution >= 0.6 is 0 Å². The van der Waals surface area contributed by atoms with Crippen molar-refractivity contribution in [1.82, 2.24) is 20.2 Å². The molecule has 3 aromatic rings. The molecule has 0 spiro atoms. The number of rotatable bonds is 5. The van der Waals surface area contributed by atoms with E-state index in [4.69, 9.17) is 14.6 Å². The molecule has 1 saturated heterocycles. The molecule has 0 bridgehead atoms. The summed E-state index contributed by atoms with van der Waals surface area (Å²) in [4.78, 5) is 22.7. The number of hydrogen-bond donors (Lipinski definition) is 2. The minimum atomic E-state index is 0.0159. The Morgan fingerprint density at radius 3 is 2.82 bits per heavy atom. The Morgan fingerprint density at radius 2 is 2.06 bits per heavy atom. The van der Waals surface area contributed by atoms with E-state index in [1.54, 1.807) is 24.2 Å². The second kappa shape index (κ2) is 9.15. The van der Waals surface area contributed by atoms with Crippen molar-refractivity contribution in [3.8, 4) is 11.5 Å². The SMILES string of the molecule is CC(=O)N1CCC(NC2CCOCC2)=C(C(=N)c2cccc3nc(-c4cccnc4)oc23)C1. The number of ether oxygens (including phenoxy) is 1. The Morgan fingerprint density at radius 1 is 1.21 bits per heavy atom. The number of nitrogens with one attached hydrogen (secondary N) is 2. The second-order valence-electron chi connectivity index (χ2n) is 8.47. The summed E-state index contributed by atoms with van der Waals surface area (Å²) in [6.45, 7) is 4.11. The molecule has 0 radical (unpaired) electrons. The topological polar surface area (TPSA) is 104 Å². The molecular formula is C25H27N5O3. The van der Waals surface area contributed by atoms with Crippen LogP contribution in [-0.4, -0.2) is 58.8 Å². The molecule has 0 aliphatic carbocycles. The van der Waals surface area contributed by atoms with Gasteiger partial charge in [-0.1, -0.05) is 6.07 Å². The monoisotopic (exact) mass is 445 g/mol. The van der Waals surface area contributed by atoms with Gasteiger partial charge in [0.2, 0.25) is 11.8 Å². The van der Waals surface area contributed by atoms with E-state index in [-0.39, 0.29) is 5.91 Å². The maximum Gasteiger partial charge on any atom is 0.228 e. The normalized spacial score (nSPS) is 17.4. The molecule has 0 unspecified atom stereocenters. The van der Waals surface area contributed by atoms with Gasteiger partial charge in [-0.15, -0.1) is 0 Å². The van der Waals surface area contributed by atoms with E-state index in [9.17, 15) is 4.79 Å². The lowest BCUT2D eigenvalue weighted by Gasteiger charge is -2.34. The Labute approximate surface area is 192 Å². The summed E-state index contributed by atoms with van der Waals surface area (Å²) in [5, 5.41) is 12.8. The van der Waals surface area contributed by atoms with Gasteiger partial charge in [-0.05, 0) is 37.1 Å². The minimum Gasteiger partial charge on any atom is -0.435 e. The summed E-state index contributed by atoms with van der Waals surface area (Å²) in [6, 6.07) is 9.71. The van der Waals surface area contributed by atoms with Crippen LogP contribution < -0.4 is 5.32 Å². The number of para-hydroxylation sites is 1. The van der Waals surface area contributed by atoms with Crippen LogP contribution in [0.1, 0.15) is 31.7 Å². The molecule has 0 saturated carbocycles. The summed E-state index contributed by atoms with van der Waals surface area (Å²) in [6.07, 6.45) is 5.98. The van der Waals surface area contributed by atoms with Gasteiger partial charge in [0.1, 0.15) is 5.52 Å². The highest BCUT2D eigenvalue weighted by atomic mass is 16.5. The maximum atomic E-state index is 12.1. The van der Waals surface area contributed by atoms with E-state index in [1.807, 2.05) is 30.3 Å². The molecule has 8 heteroatoms. The Bertz CT molecular complexity index is 1210. The Balaban J connectivity index is 1.53. The van der Waals surface area contributed by atoms with E-state index >= 15 is 0 Å². The second-order valence-corrected chi connectivity index (χ2v) is 8.47. The molecule has 170 valence electrons. The zero-order chi connectivity index (χ0) is 22.8. The van der Waals surface area contributed by atoms with E-state index in [0.717, 1.165) is 42.9 Å². The van der Waals surface area contributed by atoms with Gasteiger partial charge in [0, 0.05) is 74.9 Å². The van der Waals surface area contributed by atoms with E-state index in [0.29, 0.717) is 53.8 Å². The van der Waals surface area contributed by atoms with Crippen molar-refractivity contribution in [1.29, 1.82) is 5.41 Å². The molecule has 33 heavy (non-hydrogen) atoms. The van der Waals surface area contributed by atoms with Crippen molar-refractivity contribution in [3.05, 3.63) is 59.6 Å². The first-order chi connectivity index (χ1) is 16.1. The number of hydrogen-bond acceptors (Lipinski definition) is 7. The van der Waals surface area contributed by atoms with Crippen molar-refractivity contribution in [3.63, 3.8) is 0 Å². The van der Waals surface area contributed by atoms with Crippen LogP contribution in [0.5, 0.6) is 0 Å². The molecule has 2 aliphatic heterocycles. The fourth-order valence-electron chi connectivity index (χ4n) is 4.43. The van der Waals surface area contributed by atoms with Crippen LogP contribution in [0.25, 0.3) is 22.6 Å². The maximum absolute atomic E-state index is 12.1. The quantitative estimate of drug-likeness (QED) is 0.582. The van der Waals surface area contributed by atoms with Crippen LogP contribution in [0.2, 0.25) is 0 Å². The van der Waals surface area contributed by atoms with Gasteiger partial charge in [-0.25, -0.2) is 4.98 Å².